The molecule has 1 unspecified atom stereocenters. The van der Waals surface area contributed by atoms with E-state index in [0.29, 0.717) is 10.6 Å². The topological polar surface area (TPSA) is 12.0 Å². The highest BCUT2D eigenvalue weighted by Crippen LogP contribution is 2.24. The third kappa shape index (κ3) is 3.47. The molecule has 0 saturated heterocycles. The highest BCUT2D eigenvalue weighted by Gasteiger charge is 2.13. The van der Waals surface area contributed by atoms with Crippen LogP contribution in [0.4, 0.5) is 4.39 Å². The predicted molar refractivity (Wildman–Crippen MR) is 62.7 cm³/mol. The number of rotatable bonds is 5. The van der Waals surface area contributed by atoms with E-state index in [9.17, 15) is 4.39 Å². The number of unbranched alkanes of at least 4 members (excludes halogenated alkanes) is 1. The molecule has 0 aliphatic rings. The second-order valence-corrected chi connectivity index (χ2v) is 4.09. The lowest BCUT2D eigenvalue weighted by atomic mass is 10.0. The molecule has 1 N–H and O–H groups in total. The van der Waals surface area contributed by atoms with E-state index in [4.69, 9.17) is 11.6 Å². The van der Waals surface area contributed by atoms with E-state index in [0.717, 1.165) is 19.3 Å². The lowest BCUT2D eigenvalue weighted by Gasteiger charge is -2.17. The molecule has 0 fully saturated rings. The van der Waals surface area contributed by atoms with Crippen molar-refractivity contribution in [1.29, 1.82) is 0 Å². The second-order valence-electron chi connectivity index (χ2n) is 3.65. The fourth-order valence-electron chi connectivity index (χ4n) is 1.65. The van der Waals surface area contributed by atoms with Crippen LogP contribution in [0.25, 0.3) is 0 Å². The van der Waals surface area contributed by atoms with Gasteiger partial charge in [-0.05, 0) is 31.7 Å². The molecule has 1 aromatic rings. The summed E-state index contributed by atoms with van der Waals surface area (Å²) < 4.78 is 13.5. The second kappa shape index (κ2) is 6.09. The maximum Gasteiger partial charge on any atom is 0.128 e. The van der Waals surface area contributed by atoms with Gasteiger partial charge in [-0.3, -0.25) is 0 Å². The normalized spacial score (nSPS) is 12.8. The minimum absolute atomic E-state index is 0.0589. The molecule has 1 nitrogen and oxygen atoms in total. The van der Waals surface area contributed by atoms with Crippen LogP contribution >= 0.6 is 11.6 Å². The van der Waals surface area contributed by atoms with Gasteiger partial charge in [-0.15, -0.1) is 0 Å². The van der Waals surface area contributed by atoms with Crippen LogP contribution in [0.2, 0.25) is 5.02 Å². The average molecular weight is 230 g/mol. The van der Waals surface area contributed by atoms with Crippen molar-refractivity contribution in [2.75, 3.05) is 7.05 Å². The SMILES string of the molecule is CCCCC(NC)c1cc(Cl)ccc1F. The van der Waals surface area contributed by atoms with Crippen molar-refractivity contribution >= 4 is 11.6 Å². The van der Waals surface area contributed by atoms with Gasteiger partial charge in [0, 0.05) is 16.6 Å². The maximum absolute atomic E-state index is 13.5. The van der Waals surface area contributed by atoms with Crippen molar-refractivity contribution in [2.45, 2.75) is 32.2 Å². The summed E-state index contributed by atoms with van der Waals surface area (Å²) in [6.07, 6.45) is 3.13. The molecule has 15 heavy (non-hydrogen) atoms. The Labute approximate surface area is 95.6 Å². The van der Waals surface area contributed by atoms with Crippen LogP contribution in [0.5, 0.6) is 0 Å². The molecule has 1 rings (SSSR count). The molecule has 84 valence electrons. The molecule has 1 aromatic carbocycles. The molecular weight excluding hydrogens is 213 g/mol. The Morgan fingerprint density at radius 2 is 2.20 bits per heavy atom. The van der Waals surface area contributed by atoms with Gasteiger partial charge in [0.15, 0.2) is 0 Å². The number of hydrogen-bond acceptors (Lipinski definition) is 1. The van der Waals surface area contributed by atoms with Crippen LogP contribution in [0.1, 0.15) is 37.8 Å². The minimum Gasteiger partial charge on any atom is -0.313 e. The van der Waals surface area contributed by atoms with E-state index >= 15 is 0 Å². The average Bonchev–Trinajstić information content (AvgIpc) is 2.24. The third-order valence-electron chi connectivity index (χ3n) is 2.53. The monoisotopic (exact) mass is 229 g/mol. The van der Waals surface area contributed by atoms with Gasteiger partial charge in [-0.25, -0.2) is 4.39 Å². The minimum atomic E-state index is -0.185. The summed E-state index contributed by atoms with van der Waals surface area (Å²) in [7, 11) is 1.85. The first-order valence-corrected chi connectivity index (χ1v) is 5.69. The number of hydrogen-bond donors (Lipinski definition) is 1. The summed E-state index contributed by atoms with van der Waals surface area (Å²) in [5.41, 5.74) is 0.665. The third-order valence-corrected chi connectivity index (χ3v) is 2.76. The standard InChI is InChI=1S/C12H17ClFN/c1-3-4-5-12(15-2)10-8-9(13)6-7-11(10)14/h6-8,12,15H,3-5H2,1-2H3. The Kier molecular flexibility index (Phi) is 5.06. The molecule has 0 aliphatic heterocycles. The Balaban J connectivity index is 2.85. The van der Waals surface area contributed by atoms with E-state index < -0.39 is 0 Å². The molecule has 0 saturated carbocycles. The molecule has 0 aromatic heterocycles. The molecule has 0 heterocycles. The summed E-state index contributed by atoms with van der Waals surface area (Å²) in [4.78, 5) is 0. The zero-order valence-corrected chi connectivity index (χ0v) is 9.94. The first-order chi connectivity index (χ1) is 7.19. The first kappa shape index (κ1) is 12.5. The summed E-state index contributed by atoms with van der Waals surface area (Å²) in [6.45, 7) is 2.13. The fraction of sp³-hybridized carbons (Fsp3) is 0.500. The Bertz CT molecular complexity index is 314. The molecule has 3 heteroatoms. The van der Waals surface area contributed by atoms with Crippen LogP contribution < -0.4 is 5.32 Å². The van der Waals surface area contributed by atoms with Crippen molar-refractivity contribution < 1.29 is 4.39 Å². The van der Waals surface area contributed by atoms with Crippen LogP contribution in [0, 0.1) is 5.82 Å². The Morgan fingerprint density at radius 3 is 2.80 bits per heavy atom. The van der Waals surface area contributed by atoms with Crippen LogP contribution in [0.3, 0.4) is 0 Å². The first-order valence-electron chi connectivity index (χ1n) is 5.31. The van der Waals surface area contributed by atoms with E-state index in [1.165, 1.54) is 6.07 Å². The van der Waals surface area contributed by atoms with Crippen molar-refractivity contribution in [2.24, 2.45) is 0 Å². The van der Waals surface area contributed by atoms with Crippen LogP contribution in [-0.2, 0) is 0 Å². The van der Waals surface area contributed by atoms with Gasteiger partial charge in [0.1, 0.15) is 5.82 Å². The fourth-order valence-corrected chi connectivity index (χ4v) is 1.83. The lowest BCUT2D eigenvalue weighted by molar-refractivity contribution is 0.492. The van der Waals surface area contributed by atoms with Crippen molar-refractivity contribution in [3.8, 4) is 0 Å². The molecule has 0 amide bonds. The van der Waals surface area contributed by atoms with E-state index in [2.05, 4.69) is 12.2 Å². The Morgan fingerprint density at radius 1 is 1.47 bits per heavy atom. The van der Waals surface area contributed by atoms with Crippen molar-refractivity contribution in [3.05, 3.63) is 34.6 Å². The largest absolute Gasteiger partial charge is 0.313 e. The van der Waals surface area contributed by atoms with E-state index in [1.807, 2.05) is 7.05 Å². The van der Waals surface area contributed by atoms with Gasteiger partial charge < -0.3 is 5.32 Å². The van der Waals surface area contributed by atoms with E-state index in [1.54, 1.807) is 12.1 Å². The van der Waals surface area contributed by atoms with Crippen LogP contribution in [-0.4, -0.2) is 7.05 Å². The number of halogens is 2. The predicted octanol–water partition coefficient (Wildman–Crippen LogP) is 3.93. The molecule has 0 radical (unpaired) electrons. The lowest BCUT2D eigenvalue weighted by Crippen LogP contribution is -2.17. The van der Waals surface area contributed by atoms with Gasteiger partial charge in [0.2, 0.25) is 0 Å². The molecular formula is C12H17ClFN. The van der Waals surface area contributed by atoms with Gasteiger partial charge >= 0.3 is 0 Å². The molecule has 0 aliphatic carbocycles. The van der Waals surface area contributed by atoms with Crippen molar-refractivity contribution in [1.82, 2.24) is 5.32 Å². The highest BCUT2D eigenvalue weighted by molar-refractivity contribution is 6.30. The summed E-state index contributed by atoms with van der Waals surface area (Å²) in [5.74, 6) is -0.185. The molecule has 0 bridgehead atoms. The quantitative estimate of drug-likeness (QED) is 0.807. The molecule has 1 atom stereocenters. The van der Waals surface area contributed by atoms with Gasteiger partial charge in [0.25, 0.3) is 0 Å². The van der Waals surface area contributed by atoms with Gasteiger partial charge in [-0.1, -0.05) is 31.4 Å². The van der Waals surface area contributed by atoms with Crippen molar-refractivity contribution in [3.63, 3.8) is 0 Å². The zero-order valence-electron chi connectivity index (χ0n) is 9.19. The highest BCUT2D eigenvalue weighted by atomic mass is 35.5. The smallest absolute Gasteiger partial charge is 0.128 e. The van der Waals surface area contributed by atoms with Gasteiger partial charge in [-0.2, -0.15) is 0 Å². The number of nitrogens with one attached hydrogen (secondary N) is 1. The molecule has 0 spiro atoms. The zero-order chi connectivity index (χ0) is 11.3. The van der Waals surface area contributed by atoms with Crippen LogP contribution in [0.15, 0.2) is 18.2 Å². The Hall–Kier alpha value is -0.600. The number of benzene rings is 1. The van der Waals surface area contributed by atoms with Gasteiger partial charge in [0.05, 0.1) is 0 Å². The summed E-state index contributed by atoms with van der Waals surface area (Å²) in [5, 5.41) is 3.71. The summed E-state index contributed by atoms with van der Waals surface area (Å²) in [6, 6.07) is 4.76. The summed E-state index contributed by atoms with van der Waals surface area (Å²) >= 11 is 5.86. The van der Waals surface area contributed by atoms with E-state index in [-0.39, 0.29) is 11.9 Å². The maximum atomic E-state index is 13.5.